The van der Waals surface area contributed by atoms with Crippen LogP contribution in [0.4, 0.5) is 11.4 Å². The highest BCUT2D eigenvalue weighted by molar-refractivity contribution is 6.04. The van der Waals surface area contributed by atoms with Gasteiger partial charge in [-0.2, -0.15) is 0 Å². The Hall–Kier alpha value is -2.33. The lowest BCUT2D eigenvalue weighted by molar-refractivity contribution is 0.102. The third-order valence-corrected chi connectivity index (χ3v) is 5.07. The minimum atomic E-state index is -0.0603. The fraction of sp³-hybridized carbons (Fsp3) is 0.381. The van der Waals surface area contributed by atoms with E-state index in [1.165, 1.54) is 16.8 Å². The zero-order valence-corrected chi connectivity index (χ0v) is 15.6. The van der Waals surface area contributed by atoms with E-state index in [1.807, 2.05) is 31.2 Å². The summed E-state index contributed by atoms with van der Waals surface area (Å²) < 4.78 is 0. The monoisotopic (exact) mass is 337 g/mol. The minimum Gasteiger partial charge on any atom is -0.369 e. The first-order valence-electron chi connectivity index (χ1n) is 8.87. The molecule has 0 aliphatic carbocycles. The molecule has 0 radical (unpaired) electrons. The molecule has 0 bridgehead atoms. The number of anilines is 2. The fourth-order valence-corrected chi connectivity index (χ4v) is 3.22. The summed E-state index contributed by atoms with van der Waals surface area (Å²) in [5.41, 5.74) is 6.33. The number of likely N-dealkylation sites (N-methyl/N-ethyl adjacent to an activating group) is 1. The number of hydrogen-bond acceptors (Lipinski definition) is 3. The van der Waals surface area contributed by atoms with E-state index in [0.29, 0.717) is 5.56 Å². The van der Waals surface area contributed by atoms with Crippen LogP contribution >= 0.6 is 0 Å². The topological polar surface area (TPSA) is 35.6 Å². The first kappa shape index (κ1) is 17.5. The number of nitrogens with one attached hydrogen (secondary N) is 1. The molecule has 1 saturated heterocycles. The number of benzene rings is 2. The van der Waals surface area contributed by atoms with E-state index in [1.54, 1.807) is 0 Å². The van der Waals surface area contributed by atoms with Crippen molar-refractivity contribution in [2.24, 2.45) is 0 Å². The molecule has 132 valence electrons. The van der Waals surface area contributed by atoms with Crippen LogP contribution in [0.15, 0.2) is 36.4 Å². The maximum Gasteiger partial charge on any atom is 0.255 e. The zero-order valence-electron chi connectivity index (χ0n) is 15.6. The lowest BCUT2D eigenvalue weighted by Gasteiger charge is -2.35. The minimum absolute atomic E-state index is 0.0603. The van der Waals surface area contributed by atoms with Crippen LogP contribution in [0.1, 0.15) is 27.0 Å². The Labute approximate surface area is 150 Å². The van der Waals surface area contributed by atoms with Crippen LogP contribution in [0.3, 0.4) is 0 Å². The van der Waals surface area contributed by atoms with Crippen LogP contribution in [-0.4, -0.2) is 44.0 Å². The van der Waals surface area contributed by atoms with Crippen molar-refractivity contribution in [3.63, 3.8) is 0 Å². The third-order valence-electron chi connectivity index (χ3n) is 5.07. The van der Waals surface area contributed by atoms with Crippen LogP contribution in [0, 0.1) is 20.8 Å². The summed E-state index contributed by atoms with van der Waals surface area (Å²) in [6.07, 6.45) is 0. The van der Waals surface area contributed by atoms with Crippen molar-refractivity contribution >= 4 is 17.3 Å². The number of rotatable bonds is 3. The van der Waals surface area contributed by atoms with Gasteiger partial charge in [-0.05, 0) is 74.8 Å². The SMILES string of the molecule is Cc1ccc(C(=O)Nc2ccc(N3CCN(C)CC3)c(C)c2)cc1C. The van der Waals surface area contributed by atoms with Crippen molar-refractivity contribution in [2.75, 3.05) is 43.4 Å². The van der Waals surface area contributed by atoms with Crippen LogP contribution in [-0.2, 0) is 0 Å². The molecule has 1 N–H and O–H groups in total. The molecular formula is C21H27N3O. The van der Waals surface area contributed by atoms with Gasteiger partial charge in [-0.3, -0.25) is 4.79 Å². The number of carbonyl (C=O) groups is 1. The number of nitrogens with zero attached hydrogens (tertiary/aromatic N) is 2. The lowest BCUT2D eigenvalue weighted by Crippen LogP contribution is -2.44. The maximum absolute atomic E-state index is 12.5. The lowest BCUT2D eigenvalue weighted by atomic mass is 10.1. The Morgan fingerprint density at radius 1 is 0.880 bits per heavy atom. The van der Waals surface area contributed by atoms with Gasteiger partial charge in [0, 0.05) is 43.1 Å². The summed E-state index contributed by atoms with van der Waals surface area (Å²) in [5, 5.41) is 3.02. The molecular weight excluding hydrogens is 310 g/mol. The molecule has 0 saturated carbocycles. The largest absolute Gasteiger partial charge is 0.369 e. The Morgan fingerprint density at radius 2 is 1.60 bits per heavy atom. The highest BCUT2D eigenvalue weighted by Gasteiger charge is 2.16. The molecule has 0 unspecified atom stereocenters. The molecule has 1 amide bonds. The standard InChI is InChI=1S/C21H27N3O/c1-15-5-6-18(13-16(15)2)21(25)22-19-7-8-20(17(3)14-19)24-11-9-23(4)10-12-24/h5-8,13-14H,9-12H2,1-4H3,(H,22,25). The van der Waals surface area contributed by atoms with Crippen molar-refractivity contribution < 1.29 is 4.79 Å². The molecule has 4 nitrogen and oxygen atoms in total. The molecule has 0 aromatic heterocycles. The summed E-state index contributed by atoms with van der Waals surface area (Å²) in [6.45, 7) is 10.5. The van der Waals surface area contributed by atoms with Gasteiger partial charge in [-0.15, -0.1) is 0 Å². The smallest absolute Gasteiger partial charge is 0.255 e. The number of aryl methyl sites for hydroxylation is 3. The summed E-state index contributed by atoms with van der Waals surface area (Å²) in [7, 11) is 2.16. The quantitative estimate of drug-likeness (QED) is 0.929. The Bertz CT molecular complexity index is 777. The number of piperazine rings is 1. The predicted molar refractivity (Wildman–Crippen MR) is 105 cm³/mol. The summed E-state index contributed by atoms with van der Waals surface area (Å²) in [4.78, 5) is 17.3. The molecule has 0 spiro atoms. The second-order valence-electron chi connectivity index (χ2n) is 7.04. The molecule has 1 heterocycles. The number of carbonyl (C=O) groups excluding carboxylic acids is 1. The van der Waals surface area contributed by atoms with Gasteiger partial charge in [0.2, 0.25) is 0 Å². The molecule has 4 heteroatoms. The molecule has 0 atom stereocenters. The normalized spacial score (nSPS) is 15.3. The van der Waals surface area contributed by atoms with E-state index >= 15 is 0 Å². The van der Waals surface area contributed by atoms with Crippen molar-refractivity contribution in [1.82, 2.24) is 4.90 Å². The Morgan fingerprint density at radius 3 is 2.24 bits per heavy atom. The Kier molecular flexibility index (Phi) is 5.09. The van der Waals surface area contributed by atoms with Gasteiger partial charge in [-0.25, -0.2) is 0 Å². The number of hydrogen-bond donors (Lipinski definition) is 1. The second-order valence-corrected chi connectivity index (χ2v) is 7.04. The van der Waals surface area contributed by atoms with Crippen LogP contribution in [0.25, 0.3) is 0 Å². The average Bonchev–Trinajstić information content (AvgIpc) is 2.58. The van der Waals surface area contributed by atoms with E-state index in [-0.39, 0.29) is 5.91 Å². The van der Waals surface area contributed by atoms with E-state index in [9.17, 15) is 4.79 Å². The van der Waals surface area contributed by atoms with Crippen LogP contribution < -0.4 is 10.2 Å². The molecule has 2 aromatic carbocycles. The first-order valence-corrected chi connectivity index (χ1v) is 8.87. The van der Waals surface area contributed by atoms with E-state index in [2.05, 4.69) is 48.1 Å². The second kappa shape index (κ2) is 7.28. The van der Waals surface area contributed by atoms with Gasteiger partial charge < -0.3 is 15.1 Å². The van der Waals surface area contributed by atoms with Gasteiger partial charge in [-0.1, -0.05) is 6.07 Å². The van der Waals surface area contributed by atoms with Gasteiger partial charge in [0.05, 0.1) is 0 Å². The molecule has 25 heavy (non-hydrogen) atoms. The predicted octanol–water partition coefficient (Wildman–Crippen LogP) is 3.62. The highest BCUT2D eigenvalue weighted by Crippen LogP contribution is 2.25. The molecule has 1 aliphatic rings. The van der Waals surface area contributed by atoms with E-state index in [0.717, 1.165) is 37.4 Å². The van der Waals surface area contributed by atoms with Crippen molar-refractivity contribution in [3.8, 4) is 0 Å². The highest BCUT2D eigenvalue weighted by atomic mass is 16.1. The van der Waals surface area contributed by atoms with Gasteiger partial charge in [0.1, 0.15) is 0 Å². The summed E-state index contributed by atoms with van der Waals surface area (Å²) in [5.74, 6) is -0.0603. The summed E-state index contributed by atoms with van der Waals surface area (Å²) >= 11 is 0. The third kappa shape index (κ3) is 4.02. The van der Waals surface area contributed by atoms with E-state index < -0.39 is 0 Å². The number of amides is 1. The van der Waals surface area contributed by atoms with E-state index in [4.69, 9.17) is 0 Å². The van der Waals surface area contributed by atoms with Crippen LogP contribution in [0.2, 0.25) is 0 Å². The van der Waals surface area contributed by atoms with Gasteiger partial charge in [0.25, 0.3) is 5.91 Å². The Balaban J connectivity index is 1.72. The molecule has 2 aromatic rings. The van der Waals surface area contributed by atoms with Gasteiger partial charge in [0.15, 0.2) is 0 Å². The molecule has 1 fully saturated rings. The summed E-state index contributed by atoms with van der Waals surface area (Å²) in [6, 6.07) is 12.0. The maximum atomic E-state index is 12.5. The van der Waals surface area contributed by atoms with Gasteiger partial charge >= 0.3 is 0 Å². The average molecular weight is 337 g/mol. The first-order chi connectivity index (χ1) is 11.9. The van der Waals surface area contributed by atoms with Crippen LogP contribution in [0.5, 0.6) is 0 Å². The van der Waals surface area contributed by atoms with Crippen molar-refractivity contribution in [2.45, 2.75) is 20.8 Å². The van der Waals surface area contributed by atoms with Crippen molar-refractivity contribution in [1.29, 1.82) is 0 Å². The molecule has 1 aliphatic heterocycles. The zero-order chi connectivity index (χ0) is 18.0. The molecule has 3 rings (SSSR count). The fourth-order valence-electron chi connectivity index (χ4n) is 3.22. The van der Waals surface area contributed by atoms with Crippen molar-refractivity contribution in [3.05, 3.63) is 58.7 Å².